The maximum Gasteiger partial charge on any atom is 0.360 e. The van der Waals surface area contributed by atoms with Crippen molar-refractivity contribution in [3.63, 3.8) is 0 Å². The molecule has 0 radical (unpaired) electrons. The van der Waals surface area contributed by atoms with E-state index in [1.54, 1.807) is 0 Å². The molecule has 9 nitrogen and oxygen atoms in total. The average molecular weight is 283 g/mol. The quantitative estimate of drug-likeness (QED) is 0.539. The van der Waals surface area contributed by atoms with E-state index in [1.807, 2.05) is 6.92 Å². The van der Waals surface area contributed by atoms with Gasteiger partial charge < -0.3 is 4.74 Å². The van der Waals surface area contributed by atoms with E-state index >= 15 is 0 Å². The number of nitrogens with zero attached hydrogens (tertiary/aromatic N) is 3. The van der Waals surface area contributed by atoms with Crippen molar-refractivity contribution in [3.05, 3.63) is 11.4 Å². The largest absolute Gasteiger partial charge is 0.464 e. The highest BCUT2D eigenvalue weighted by Crippen LogP contribution is 2.09. The third-order valence-electron chi connectivity index (χ3n) is 2.37. The number of esters is 1. The van der Waals surface area contributed by atoms with E-state index < -0.39 is 11.9 Å². The Labute approximate surface area is 115 Å². The number of ether oxygens (including phenoxy) is 1. The molecule has 1 heterocycles. The lowest BCUT2D eigenvalue weighted by Crippen LogP contribution is -2.42. The second-order valence-electron chi connectivity index (χ2n) is 4.01. The molecule has 110 valence electrons. The summed E-state index contributed by atoms with van der Waals surface area (Å²) in [5, 5.41) is 7.49. The van der Waals surface area contributed by atoms with Gasteiger partial charge in [0.2, 0.25) is 5.91 Å². The molecule has 2 amide bonds. The first kappa shape index (κ1) is 15.6. The Bertz CT molecular complexity index is 511. The minimum Gasteiger partial charge on any atom is -0.464 e. The van der Waals surface area contributed by atoms with Gasteiger partial charge in [0.05, 0.1) is 12.8 Å². The van der Waals surface area contributed by atoms with Crippen LogP contribution in [0.2, 0.25) is 0 Å². The first-order valence-electron chi connectivity index (χ1n) is 6.05. The highest BCUT2D eigenvalue weighted by molar-refractivity contribution is 5.88. The standard InChI is InChI=1S/C11H17N5O4/c1-4-5-8-10(11(19)20-3)14-15-16(8)6-9(18)13-12-7(2)17/h4-6H2,1-3H3,(H,12,17)(H,13,18). The maximum atomic E-state index is 11.6. The number of carbonyl (C=O) groups is 3. The summed E-state index contributed by atoms with van der Waals surface area (Å²) in [6, 6.07) is 0. The molecule has 2 N–H and O–H groups in total. The molecule has 1 aromatic heterocycles. The number of carbonyl (C=O) groups excluding carboxylic acids is 3. The van der Waals surface area contributed by atoms with Crippen LogP contribution in [0.1, 0.15) is 36.5 Å². The molecule has 1 rings (SSSR count). The van der Waals surface area contributed by atoms with E-state index in [-0.39, 0.29) is 18.1 Å². The van der Waals surface area contributed by atoms with Crippen LogP contribution in [0.3, 0.4) is 0 Å². The van der Waals surface area contributed by atoms with Crippen LogP contribution in [-0.2, 0) is 27.3 Å². The third kappa shape index (κ3) is 4.04. The van der Waals surface area contributed by atoms with Gasteiger partial charge in [-0.25, -0.2) is 9.48 Å². The van der Waals surface area contributed by atoms with E-state index in [2.05, 4.69) is 25.9 Å². The Morgan fingerprint density at radius 3 is 2.55 bits per heavy atom. The van der Waals surface area contributed by atoms with Crippen molar-refractivity contribution in [1.29, 1.82) is 0 Å². The normalized spacial score (nSPS) is 9.95. The summed E-state index contributed by atoms with van der Waals surface area (Å²) in [4.78, 5) is 33.8. The number of nitrogens with one attached hydrogen (secondary N) is 2. The fraction of sp³-hybridized carbons (Fsp3) is 0.545. The van der Waals surface area contributed by atoms with Crippen LogP contribution in [0.15, 0.2) is 0 Å². The molecule has 0 spiro atoms. The van der Waals surface area contributed by atoms with Gasteiger partial charge in [-0.2, -0.15) is 0 Å². The number of rotatable bonds is 5. The van der Waals surface area contributed by atoms with Crippen LogP contribution in [0.25, 0.3) is 0 Å². The molecule has 0 bridgehead atoms. The van der Waals surface area contributed by atoms with Crippen molar-refractivity contribution in [2.24, 2.45) is 0 Å². The number of methoxy groups -OCH3 is 1. The fourth-order valence-electron chi connectivity index (χ4n) is 1.53. The first-order valence-corrected chi connectivity index (χ1v) is 6.05. The molecule has 0 aliphatic rings. The molecular weight excluding hydrogens is 266 g/mol. The zero-order chi connectivity index (χ0) is 15.1. The van der Waals surface area contributed by atoms with Crippen LogP contribution in [0.5, 0.6) is 0 Å². The van der Waals surface area contributed by atoms with Crippen molar-refractivity contribution >= 4 is 17.8 Å². The Morgan fingerprint density at radius 1 is 1.30 bits per heavy atom. The molecule has 0 aliphatic carbocycles. The number of hydrazine groups is 1. The van der Waals surface area contributed by atoms with Gasteiger partial charge in [0.25, 0.3) is 5.91 Å². The van der Waals surface area contributed by atoms with Gasteiger partial charge in [0.15, 0.2) is 5.69 Å². The molecule has 0 saturated carbocycles. The van der Waals surface area contributed by atoms with Gasteiger partial charge in [-0.3, -0.25) is 20.4 Å². The number of aromatic nitrogens is 3. The van der Waals surface area contributed by atoms with Crippen molar-refractivity contribution in [1.82, 2.24) is 25.8 Å². The molecule has 0 aromatic carbocycles. The summed E-state index contributed by atoms with van der Waals surface area (Å²) in [5.41, 5.74) is 5.00. The second-order valence-corrected chi connectivity index (χ2v) is 4.01. The molecule has 0 unspecified atom stereocenters. The van der Waals surface area contributed by atoms with E-state index in [0.29, 0.717) is 12.1 Å². The van der Waals surface area contributed by atoms with Crippen LogP contribution in [-0.4, -0.2) is 39.9 Å². The average Bonchev–Trinajstić information content (AvgIpc) is 2.79. The highest BCUT2D eigenvalue weighted by atomic mass is 16.5. The van der Waals surface area contributed by atoms with Gasteiger partial charge in [-0.05, 0) is 6.42 Å². The lowest BCUT2D eigenvalue weighted by atomic mass is 10.2. The molecule has 9 heteroatoms. The predicted octanol–water partition coefficient (Wildman–Crippen LogP) is -0.815. The molecule has 0 fully saturated rings. The molecule has 0 atom stereocenters. The van der Waals surface area contributed by atoms with Crippen molar-refractivity contribution in [2.75, 3.05) is 7.11 Å². The van der Waals surface area contributed by atoms with Gasteiger partial charge in [0.1, 0.15) is 6.54 Å². The van der Waals surface area contributed by atoms with E-state index in [0.717, 1.165) is 6.42 Å². The lowest BCUT2D eigenvalue weighted by molar-refractivity contribution is -0.128. The molecule has 20 heavy (non-hydrogen) atoms. The summed E-state index contributed by atoms with van der Waals surface area (Å²) >= 11 is 0. The number of hydrogen-bond donors (Lipinski definition) is 2. The minimum atomic E-state index is -0.595. The van der Waals surface area contributed by atoms with Crippen molar-refractivity contribution < 1.29 is 19.1 Å². The maximum absolute atomic E-state index is 11.6. The molecule has 1 aromatic rings. The topological polar surface area (TPSA) is 115 Å². The molecule has 0 aliphatic heterocycles. The number of amides is 2. The van der Waals surface area contributed by atoms with Crippen molar-refractivity contribution in [3.8, 4) is 0 Å². The summed E-state index contributed by atoms with van der Waals surface area (Å²) < 4.78 is 5.92. The van der Waals surface area contributed by atoms with Gasteiger partial charge in [0, 0.05) is 6.92 Å². The zero-order valence-corrected chi connectivity index (χ0v) is 11.6. The SMILES string of the molecule is CCCc1c(C(=O)OC)nnn1CC(=O)NNC(C)=O. The van der Waals surface area contributed by atoms with Gasteiger partial charge in [-0.15, -0.1) is 5.10 Å². The van der Waals surface area contributed by atoms with Crippen LogP contribution >= 0.6 is 0 Å². The minimum absolute atomic E-state index is 0.0988. The predicted molar refractivity (Wildman–Crippen MR) is 67.3 cm³/mol. The fourth-order valence-corrected chi connectivity index (χ4v) is 1.53. The Morgan fingerprint density at radius 2 is 2.00 bits per heavy atom. The van der Waals surface area contributed by atoms with Crippen LogP contribution in [0, 0.1) is 0 Å². The smallest absolute Gasteiger partial charge is 0.360 e. The molecular formula is C11H17N5O4. The summed E-state index contributed by atoms with van der Waals surface area (Å²) in [6.45, 7) is 3.04. The van der Waals surface area contributed by atoms with E-state index in [9.17, 15) is 14.4 Å². The second kappa shape index (κ2) is 7.22. The first-order chi connectivity index (χ1) is 9.49. The Hall–Kier alpha value is -2.45. The van der Waals surface area contributed by atoms with Crippen LogP contribution < -0.4 is 10.9 Å². The van der Waals surface area contributed by atoms with Gasteiger partial charge in [-0.1, -0.05) is 18.6 Å². The summed E-state index contributed by atoms with van der Waals surface area (Å²) in [6.07, 6.45) is 1.29. The summed E-state index contributed by atoms with van der Waals surface area (Å²) in [5.74, 6) is -1.46. The number of hydrogen-bond acceptors (Lipinski definition) is 6. The Kier molecular flexibility index (Phi) is 5.63. The monoisotopic (exact) mass is 283 g/mol. The van der Waals surface area contributed by atoms with Gasteiger partial charge >= 0.3 is 5.97 Å². The third-order valence-corrected chi connectivity index (χ3v) is 2.37. The summed E-state index contributed by atoms with van der Waals surface area (Å²) in [7, 11) is 1.25. The zero-order valence-electron chi connectivity index (χ0n) is 11.6. The van der Waals surface area contributed by atoms with Crippen LogP contribution in [0.4, 0.5) is 0 Å². The lowest BCUT2D eigenvalue weighted by Gasteiger charge is -2.07. The van der Waals surface area contributed by atoms with E-state index in [4.69, 9.17) is 0 Å². The van der Waals surface area contributed by atoms with Crippen molar-refractivity contribution in [2.45, 2.75) is 33.2 Å². The molecule has 0 saturated heterocycles. The highest BCUT2D eigenvalue weighted by Gasteiger charge is 2.20. The Balaban J connectivity index is 2.84. The van der Waals surface area contributed by atoms with E-state index in [1.165, 1.54) is 18.7 Å².